The van der Waals surface area contributed by atoms with Crippen molar-refractivity contribution >= 4 is 44.9 Å². The third-order valence-corrected chi connectivity index (χ3v) is 3.22. The number of nitrogens with one attached hydrogen (secondary N) is 2. The lowest BCUT2D eigenvalue weighted by Crippen LogP contribution is -2.19. The third kappa shape index (κ3) is 3.88. The molecule has 0 fully saturated rings. The van der Waals surface area contributed by atoms with Crippen LogP contribution in [0.5, 0.6) is 5.75 Å². The second kappa shape index (κ2) is 6.63. The van der Waals surface area contributed by atoms with Crippen molar-refractivity contribution in [1.82, 2.24) is 0 Å². The summed E-state index contributed by atoms with van der Waals surface area (Å²) in [4.78, 5) is 11.9. The molecule has 20 heavy (non-hydrogen) atoms. The number of carbonyl (C=O) groups is 1. The Kier molecular flexibility index (Phi) is 4.87. The van der Waals surface area contributed by atoms with Crippen LogP contribution in [0.25, 0.3) is 0 Å². The van der Waals surface area contributed by atoms with Crippen molar-refractivity contribution in [3.8, 4) is 5.75 Å². The van der Waals surface area contributed by atoms with E-state index in [9.17, 15) is 4.79 Å². The Hall–Kier alpha value is -1.72. The molecule has 0 saturated carbocycles. The first kappa shape index (κ1) is 14.7. The highest BCUT2D eigenvalue weighted by molar-refractivity contribution is 9.10. The number of amides is 2. The van der Waals surface area contributed by atoms with Gasteiger partial charge in [-0.1, -0.05) is 33.6 Å². The molecule has 104 valence electrons. The van der Waals surface area contributed by atoms with E-state index in [0.29, 0.717) is 22.1 Å². The molecular formula is C14H12BrClN2O2. The highest BCUT2D eigenvalue weighted by atomic mass is 79.9. The van der Waals surface area contributed by atoms with E-state index >= 15 is 0 Å². The molecule has 0 aliphatic heterocycles. The van der Waals surface area contributed by atoms with Gasteiger partial charge < -0.3 is 15.4 Å². The van der Waals surface area contributed by atoms with Crippen LogP contribution in [0, 0.1) is 0 Å². The van der Waals surface area contributed by atoms with Crippen molar-refractivity contribution in [3.05, 3.63) is 52.0 Å². The zero-order valence-electron chi connectivity index (χ0n) is 10.6. The molecule has 0 aromatic heterocycles. The number of ether oxygens (including phenoxy) is 1. The lowest BCUT2D eigenvalue weighted by atomic mass is 10.3. The van der Waals surface area contributed by atoms with E-state index in [1.54, 1.807) is 43.5 Å². The number of halogens is 2. The number of rotatable bonds is 3. The Morgan fingerprint density at radius 3 is 2.70 bits per heavy atom. The minimum absolute atomic E-state index is 0.372. The second-order valence-corrected chi connectivity index (χ2v) is 5.29. The number of hydrogen-bond acceptors (Lipinski definition) is 2. The molecule has 4 nitrogen and oxygen atoms in total. The van der Waals surface area contributed by atoms with Crippen molar-refractivity contribution < 1.29 is 9.53 Å². The number of methoxy groups -OCH3 is 1. The van der Waals surface area contributed by atoms with Gasteiger partial charge in [0, 0.05) is 15.2 Å². The van der Waals surface area contributed by atoms with Gasteiger partial charge in [-0.05, 0) is 36.4 Å². The average Bonchev–Trinajstić information content (AvgIpc) is 2.38. The molecule has 0 atom stereocenters. The quantitative estimate of drug-likeness (QED) is 0.834. The Labute approximate surface area is 130 Å². The molecule has 0 heterocycles. The Bertz CT molecular complexity index is 634. The van der Waals surface area contributed by atoms with Gasteiger partial charge in [-0.25, -0.2) is 4.79 Å². The van der Waals surface area contributed by atoms with Crippen LogP contribution in [0.2, 0.25) is 5.02 Å². The summed E-state index contributed by atoms with van der Waals surface area (Å²) in [6.45, 7) is 0. The van der Waals surface area contributed by atoms with Crippen molar-refractivity contribution in [1.29, 1.82) is 0 Å². The van der Waals surface area contributed by atoms with Crippen LogP contribution in [-0.4, -0.2) is 13.1 Å². The fourth-order valence-corrected chi connectivity index (χ4v) is 2.18. The third-order valence-electron chi connectivity index (χ3n) is 2.49. The molecule has 2 aromatic carbocycles. The van der Waals surface area contributed by atoms with Crippen LogP contribution in [0.1, 0.15) is 0 Å². The summed E-state index contributed by atoms with van der Waals surface area (Å²) in [5.74, 6) is 0.578. The van der Waals surface area contributed by atoms with Gasteiger partial charge in [0.1, 0.15) is 5.75 Å². The highest BCUT2D eigenvalue weighted by Gasteiger charge is 2.08. The van der Waals surface area contributed by atoms with Crippen LogP contribution in [0.3, 0.4) is 0 Å². The summed E-state index contributed by atoms with van der Waals surface area (Å²) in [6, 6.07) is 11.9. The largest absolute Gasteiger partial charge is 0.495 e. The summed E-state index contributed by atoms with van der Waals surface area (Å²) in [5.41, 5.74) is 1.19. The normalized spacial score (nSPS) is 9.95. The maximum absolute atomic E-state index is 11.9. The molecule has 2 aromatic rings. The van der Waals surface area contributed by atoms with Gasteiger partial charge in [0.05, 0.1) is 12.8 Å². The van der Waals surface area contributed by atoms with Gasteiger partial charge in [-0.3, -0.25) is 0 Å². The SMILES string of the molecule is COc1ccc(Br)cc1NC(=O)Nc1cccc(Cl)c1. The monoisotopic (exact) mass is 354 g/mol. The standard InChI is InChI=1S/C14H12BrClN2O2/c1-20-13-6-5-9(15)7-12(13)18-14(19)17-11-4-2-3-10(16)8-11/h2-8H,1H3,(H2,17,18,19). The van der Waals surface area contributed by atoms with Crippen LogP contribution in [0.15, 0.2) is 46.9 Å². The van der Waals surface area contributed by atoms with E-state index in [4.69, 9.17) is 16.3 Å². The van der Waals surface area contributed by atoms with Gasteiger partial charge in [-0.15, -0.1) is 0 Å². The zero-order chi connectivity index (χ0) is 14.5. The van der Waals surface area contributed by atoms with E-state index in [2.05, 4.69) is 26.6 Å². The molecule has 2 rings (SSSR count). The Balaban J connectivity index is 2.10. The fraction of sp³-hybridized carbons (Fsp3) is 0.0714. The predicted octanol–water partition coefficient (Wildman–Crippen LogP) is 4.76. The van der Waals surface area contributed by atoms with E-state index in [0.717, 1.165) is 4.47 Å². The Morgan fingerprint density at radius 2 is 2.00 bits per heavy atom. The number of urea groups is 1. The number of benzene rings is 2. The summed E-state index contributed by atoms with van der Waals surface area (Å²) in [7, 11) is 1.54. The topological polar surface area (TPSA) is 50.4 Å². The van der Waals surface area contributed by atoms with Gasteiger partial charge in [0.25, 0.3) is 0 Å². The highest BCUT2D eigenvalue weighted by Crippen LogP contribution is 2.28. The smallest absolute Gasteiger partial charge is 0.323 e. The fourth-order valence-electron chi connectivity index (χ4n) is 1.63. The van der Waals surface area contributed by atoms with Crippen molar-refractivity contribution in [2.45, 2.75) is 0 Å². The predicted molar refractivity (Wildman–Crippen MR) is 84.8 cm³/mol. The second-order valence-electron chi connectivity index (χ2n) is 3.93. The van der Waals surface area contributed by atoms with Crippen LogP contribution in [-0.2, 0) is 0 Å². The molecule has 2 amide bonds. The summed E-state index contributed by atoms with van der Waals surface area (Å²) in [6.07, 6.45) is 0. The summed E-state index contributed by atoms with van der Waals surface area (Å²) >= 11 is 9.21. The van der Waals surface area contributed by atoms with Crippen molar-refractivity contribution in [3.63, 3.8) is 0 Å². The Morgan fingerprint density at radius 1 is 1.20 bits per heavy atom. The van der Waals surface area contributed by atoms with Gasteiger partial charge in [-0.2, -0.15) is 0 Å². The summed E-state index contributed by atoms with van der Waals surface area (Å²) in [5, 5.41) is 5.98. The van der Waals surface area contributed by atoms with E-state index in [1.165, 1.54) is 0 Å². The molecule has 0 aliphatic rings. The molecule has 0 bridgehead atoms. The molecule has 0 radical (unpaired) electrons. The average molecular weight is 356 g/mol. The first-order chi connectivity index (χ1) is 9.58. The van der Waals surface area contributed by atoms with Crippen molar-refractivity contribution in [2.75, 3.05) is 17.7 Å². The van der Waals surface area contributed by atoms with Crippen LogP contribution < -0.4 is 15.4 Å². The van der Waals surface area contributed by atoms with Crippen molar-refractivity contribution in [2.24, 2.45) is 0 Å². The minimum Gasteiger partial charge on any atom is -0.495 e. The lowest BCUT2D eigenvalue weighted by molar-refractivity contribution is 0.262. The zero-order valence-corrected chi connectivity index (χ0v) is 13.0. The van der Waals surface area contributed by atoms with Gasteiger partial charge in [0.15, 0.2) is 0 Å². The molecular weight excluding hydrogens is 344 g/mol. The number of anilines is 2. The van der Waals surface area contributed by atoms with E-state index in [1.807, 2.05) is 6.07 Å². The molecule has 0 saturated heterocycles. The van der Waals surface area contributed by atoms with Gasteiger partial charge >= 0.3 is 6.03 Å². The maximum Gasteiger partial charge on any atom is 0.323 e. The first-order valence-corrected chi connectivity index (χ1v) is 6.92. The molecule has 2 N–H and O–H groups in total. The van der Waals surface area contributed by atoms with E-state index in [-0.39, 0.29) is 6.03 Å². The van der Waals surface area contributed by atoms with Gasteiger partial charge in [0.2, 0.25) is 0 Å². The van der Waals surface area contributed by atoms with Crippen LogP contribution in [0.4, 0.5) is 16.2 Å². The molecule has 6 heteroatoms. The number of hydrogen-bond donors (Lipinski definition) is 2. The van der Waals surface area contributed by atoms with Crippen LogP contribution >= 0.6 is 27.5 Å². The lowest BCUT2D eigenvalue weighted by Gasteiger charge is -2.11. The molecule has 0 spiro atoms. The molecule has 0 unspecified atom stereocenters. The number of carbonyl (C=O) groups excluding carboxylic acids is 1. The molecule has 0 aliphatic carbocycles. The minimum atomic E-state index is -0.372. The van der Waals surface area contributed by atoms with E-state index < -0.39 is 0 Å². The maximum atomic E-state index is 11.9. The first-order valence-electron chi connectivity index (χ1n) is 5.75. The summed E-state index contributed by atoms with van der Waals surface area (Å²) < 4.78 is 6.03.